The van der Waals surface area contributed by atoms with Gasteiger partial charge in [0.15, 0.2) is 11.5 Å². The van der Waals surface area contributed by atoms with Gasteiger partial charge in [-0.25, -0.2) is 9.69 Å². The van der Waals surface area contributed by atoms with Crippen LogP contribution in [0.3, 0.4) is 0 Å². The van der Waals surface area contributed by atoms with Gasteiger partial charge in [-0.1, -0.05) is 23.8 Å². The molecule has 1 N–H and O–H groups in total. The first-order valence-corrected chi connectivity index (χ1v) is 9.15. The molecule has 1 heterocycles. The van der Waals surface area contributed by atoms with Crippen LogP contribution in [0.1, 0.15) is 23.6 Å². The van der Waals surface area contributed by atoms with Crippen LogP contribution in [0, 0.1) is 13.8 Å². The third kappa shape index (κ3) is 3.99. The monoisotopic (exact) mass is 394 g/mol. The number of anilines is 1. The lowest BCUT2D eigenvalue weighted by molar-refractivity contribution is -0.122. The van der Waals surface area contributed by atoms with Crippen molar-refractivity contribution in [2.75, 3.05) is 18.6 Å². The van der Waals surface area contributed by atoms with Gasteiger partial charge in [-0.2, -0.15) is 0 Å². The molecular weight excluding hydrogens is 372 g/mol. The smallest absolute Gasteiger partial charge is 0.335 e. The van der Waals surface area contributed by atoms with Gasteiger partial charge in [0.1, 0.15) is 5.57 Å². The van der Waals surface area contributed by atoms with E-state index in [1.807, 2.05) is 19.9 Å². The highest BCUT2D eigenvalue weighted by atomic mass is 16.5. The van der Waals surface area contributed by atoms with Crippen LogP contribution in [0.25, 0.3) is 6.08 Å². The minimum absolute atomic E-state index is 0.141. The van der Waals surface area contributed by atoms with Crippen molar-refractivity contribution in [2.45, 2.75) is 20.8 Å². The van der Waals surface area contributed by atoms with Crippen LogP contribution >= 0.6 is 0 Å². The summed E-state index contributed by atoms with van der Waals surface area (Å²) in [5, 5.41) is 2.24. The van der Waals surface area contributed by atoms with Gasteiger partial charge in [-0.15, -0.1) is 0 Å². The molecule has 0 aliphatic carbocycles. The molecule has 7 heteroatoms. The van der Waals surface area contributed by atoms with Gasteiger partial charge in [-0.3, -0.25) is 14.9 Å². The summed E-state index contributed by atoms with van der Waals surface area (Å²) in [6.07, 6.45) is 1.43. The Balaban J connectivity index is 2.02. The molecule has 0 saturated carbocycles. The Bertz CT molecular complexity index is 1030. The fraction of sp³-hybridized carbons (Fsp3) is 0.227. The Kier molecular flexibility index (Phi) is 5.68. The van der Waals surface area contributed by atoms with Gasteiger partial charge >= 0.3 is 6.03 Å². The van der Waals surface area contributed by atoms with Crippen LogP contribution in [-0.2, 0) is 9.59 Å². The van der Waals surface area contributed by atoms with Crippen molar-refractivity contribution in [3.05, 3.63) is 58.7 Å². The number of amides is 4. The third-order valence-corrected chi connectivity index (χ3v) is 4.49. The number of barbiturate groups is 1. The molecule has 4 amide bonds. The van der Waals surface area contributed by atoms with Crippen LogP contribution in [0.5, 0.6) is 11.5 Å². The first-order valence-electron chi connectivity index (χ1n) is 9.15. The number of nitrogens with one attached hydrogen (secondary N) is 1. The Morgan fingerprint density at radius 3 is 2.45 bits per heavy atom. The van der Waals surface area contributed by atoms with Crippen molar-refractivity contribution in [3.63, 3.8) is 0 Å². The van der Waals surface area contributed by atoms with E-state index in [4.69, 9.17) is 9.47 Å². The average molecular weight is 394 g/mol. The second-order valence-corrected chi connectivity index (χ2v) is 6.59. The molecule has 2 aromatic carbocycles. The number of rotatable bonds is 5. The van der Waals surface area contributed by atoms with Crippen LogP contribution < -0.4 is 19.7 Å². The summed E-state index contributed by atoms with van der Waals surface area (Å²) in [6.45, 7) is 6.00. The van der Waals surface area contributed by atoms with Crippen LogP contribution in [0.15, 0.2) is 42.0 Å². The molecule has 7 nitrogen and oxygen atoms in total. The first kappa shape index (κ1) is 20.1. The standard InChI is InChI=1S/C22H22N2O5/c1-5-29-19-12-15(7-9-18(19)28-4)11-16-20(25)23-22(27)24(21(16)26)17-8-6-13(2)10-14(17)3/h6-12H,5H2,1-4H3,(H,23,25,27)/b16-11+. The predicted molar refractivity (Wildman–Crippen MR) is 109 cm³/mol. The fourth-order valence-corrected chi connectivity index (χ4v) is 3.15. The van der Waals surface area contributed by atoms with Crippen LogP contribution in [0.4, 0.5) is 10.5 Å². The van der Waals surface area contributed by atoms with Gasteiger partial charge in [0.05, 0.1) is 19.4 Å². The molecule has 1 fully saturated rings. The van der Waals surface area contributed by atoms with Gasteiger partial charge in [0.25, 0.3) is 11.8 Å². The number of nitrogens with zero attached hydrogens (tertiary/aromatic N) is 1. The molecule has 0 unspecified atom stereocenters. The molecule has 0 radical (unpaired) electrons. The second-order valence-electron chi connectivity index (χ2n) is 6.59. The highest BCUT2D eigenvalue weighted by Gasteiger charge is 2.37. The predicted octanol–water partition coefficient (Wildman–Crippen LogP) is 3.38. The zero-order valence-corrected chi connectivity index (χ0v) is 16.7. The number of hydrogen-bond donors (Lipinski definition) is 1. The second kappa shape index (κ2) is 8.18. The van der Waals surface area contributed by atoms with E-state index < -0.39 is 17.8 Å². The normalized spacial score (nSPS) is 15.5. The number of benzene rings is 2. The van der Waals surface area contributed by atoms with Crippen LogP contribution in [-0.4, -0.2) is 31.6 Å². The fourth-order valence-electron chi connectivity index (χ4n) is 3.15. The van der Waals surface area contributed by atoms with Gasteiger partial charge in [-0.05, 0) is 56.2 Å². The highest BCUT2D eigenvalue weighted by molar-refractivity contribution is 6.39. The number of hydrogen-bond acceptors (Lipinski definition) is 5. The molecule has 2 aromatic rings. The summed E-state index contributed by atoms with van der Waals surface area (Å²) in [5.41, 5.74) is 2.62. The lowest BCUT2D eigenvalue weighted by Crippen LogP contribution is -2.54. The third-order valence-electron chi connectivity index (χ3n) is 4.49. The average Bonchev–Trinajstić information content (AvgIpc) is 2.67. The molecule has 0 spiro atoms. The SMILES string of the molecule is CCOc1cc(/C=C2\C(=O)NC(=O)N(c3ccc(C)cc3C)C2=O)ccc1OC. The van der Waals surface area contributed by atoms with Crippen molar-refractivity contribution in [1.82, 2.24) is 5.32 Å². The minimum Gasteiger partial charge on any atom is -0.493 e. The molecule has 150 valence electrons. The number of urea groups is 1. The molecule has 0 aromatic heterocycles. The van der Waals surface area contributed by atoms with Crippen molar-refractivity contribution >= 4 is 29.6 Å². The van der Waals surface area contributed by atoms with E-state index >= 15 is 0 Å². The zero-order chi connectivity index (χ0) is 21.1. The van der Waals surface area contributed by atoms with Crippen molar-refractivity contribution in [2.24, 2.45) is 0 Å². The number of imide groups is 2. The van der Waals surface area contributed by atoms with E-state index in [9.17, 15) is 14.4 Å². The van der Waals surface area contributed by atoms with Crippen molar-refractivity contribution < 1.29 is 23.9 Å². The summed E-state index contributed by atoms with van der Waals surface area (Å²) in [4.78, 5) is 38.8. The van der Waals surface area contributed by atoms with E-state index in [0.717, 1.165) is 16.0 Å². The maximum Gasteiger partial charge on any atom is 0.335 e. The number of carbonyl (C=O) groups excluding carboxylic acids is 3. The van der Waals surface area contributed by atoms with Crippen molar-refractivity contribution in [1.29, 1.82) is 0 Å². The van der Waals surface area contributed by atoms with Gasteiger partial charge in [0.2, 0.25) is 0 Å². The maximum atomic E-state index is 13.0. The number of methoxy groups -OCH3 is 1. The number of carbonyl (C=O) groups is 3. The van der Waals surface area contributed by atoms with E-state index in [1.165, 1.54) is 13.2 Å². The molecule has 1 aliphatic heterocycles. The Morgan fingerprint density at radius 1 is 1.03 bits per heavy atom. The van der Waals surface area contributed by atoms with Gasteiger partial charge in [0, 0.05) is 0 Å². The lowest BCUT2D eigenvalue weighted by Gasteiger charge is -2.27. The quantitative estimate of drug-likeness (QED) is 0.621. The maximum absolute atomic E-state index is 13.0. The van der Waals surface area contributed by atoms with Crippen molar-refractivity contribution in [3.8, 4) is 11.5 Å². The molecule has 1 saturated heterocycles. The number of aryl methyl sites for hydroxylation is 2. The molecule has 29 heavy (non-hydrogen) atoms. The van der Waals surface area contributed by atoms with E-state index in [2.05, 4.69) is 5.32 Å². The Labute approximate surface area is 168 Å². The molecular formula is C22H22N2O5. The van der Waals surface area contributed by atoms with E-state index in [0.29, 0.717) is 29.4 Å². The number of ether oxygens (including phenoxy) is 2. The summed E-state index contributed by atoms with van der Waals surface area (Å²) in [5.74, 6) is -0.384. The Hall–Kier alpha value is -3.61. The minimum atomic E-state index is -0.770. The first-order chi connectivity index (χ1) is 13.8. The molecule has 3 rings (SSSR count). The Morgan fingerprint density at radius 2 is 1.79 bits per heavy atom. The highest BCUT2D eigenvalue weighted by Crippen LogP contribution is 2.30. The molecule has 0 atom stereocenters. The largest absolute Gasteiger partial charge is 0.493 e. The molecule has 0 bridgehead atoms. The summed E-state index contributed by atoms with van der Waals surface area (Å²) < 4.78 is 10.8. The molecule has 1 aliphatic rings. The summed E-state index contributed by atoms with van der Waals surface area (Å²) in [6, 6.07) is 9.66. The summed E-state index contributed by atoms with van der Waals surface area (Å²) >= 11 is 0. The van der Waals surface area contributed by atoms with Crippen LogP contribution in [0.2, 0.25) is 0 Å². The summed E-state index contributed by atoms with van der Waals surface area (Å²) in [7, 11) is 1.53. The zero-order valence-electron chi connectivity index (χ0n) is 16.7. The van der Waals surface area contributed by atoms with E-state index in [1.54, 1.807) is 37.3 Å². The van der Waals surface area contributed by atoms with E-state index in [-0.39, 0.29) is 5.57 Å². The van der Waals surface area contributed by atoms with Gasteiger partial charge < -0.3 is 9.47 Å². The lowest BCUT2D eigenvalue weighted by atomic mass is 10.0. The topological polar surface area (TPSA) is 84.9 Å².